The van der Waals surface area contributed by atoms with Crippen molar-refractivity contribution in [3.05, 3.63) is 70.7 Å². The third-order valence-electron chi connectivity index (χ3n) is 5.86. The quantitative estimate of drug-likeness (QED) is 0.263. The zero-order valence-corrected chi connectivity index (χ0v) is 21.2. The Kier molecular flexibility index (Phi) is 7.85. The molecule has 0 fully saturated rings. The number of aromatic nitrogens is 2. The van der Waals surface area contributed by atoms with Crippen molar-refractivity contribution in [3.63, 3.8) is 0 Å². The predicted octanol–water partition coefficient (Wildman–Crippen LogP) is 6.64. The molecule has 1 atom stereocenters. The second kappa shape index (κ2) is 11.0. The van der Waals surface area contributed by atoms with Gasteiger partial charge in [0, 0.05) is 22.8 Å². The lowest BCUT2D eigenvalue weighted by molar-refractivity contribution is 0.340. The second-order valence-electron chi connectivity index (χ2n) is 8.17. The minimum absolute atomic E-state index is 0.218. The van der Waals surface area contributed by atoms with E-state index in [4.69, 9.17) is 38.1 Å². The molecule has 6 nitrogen and oxygen atoms in total. The molecule has 0 spiro atoms. The summed E-state index contributed by atoms with van der Waals surface area (Å²) in [5, 5.41) is 9.12. The summed E-state index contributed by atoms with van der Waals surface area (Å²) >= 11 is 11.8. The number of hydrogen-bond donors (Lipinski definition) is 1. The number of nitrogens with one attached hydrogen (secondary N) is 1. The summed E-state index contributed by atoms with van der Waals surface area (Å²) in [6.07, 6.45) is 3.34. The Morgan fingerprint density at radius 1 is 1.09 bits per heavy atom. The highest BCUT2D eigenvalue weighted by molar-refractivity contribution is 7.80. The van der Waals surface area contributed by atoms with E-state index in [9.17, 15) is 0 Å². The molecular formula is C26H29ClN4O2S. The van der Waals surface area contributed by atoms with E-state index < -0.39 is 0 Å². The van der Waals surface area contributed by atoms with Crippen molar-refractivity contribution in [1.29, 1.82) is 0 Å². The van der Waals surface area contributed by atoms with Crippen LogP contribution >= 0.6 is 23.8 Å². The topological polar surface area (TPSA) is 63.4 Å². The molecule has 2 heterocycles. The van der Waals surface area contributed by atoms with Gasteiger partial charge in [0.15, 0.2) is 5.11 Å². The summed E-state index contributed by atoms with van der Waals surface area (Å²) in [6.45, 7) is 7.70. The van der Waals surface area contributed by atoms with Crippen LogP contribution in [0.25, 0.3) is 17.0 Å². The predicted molar refractivity (Wildman–Crippen MR) is 140 cm³/mol. The number of thiocarbonyl (C=S) groups is 1. The Hall–Kier alpha value is -2.90. The van der Waals surface area contributed by atoms with E-state index in [1.807, 2.05) is 55.5 Å². The van der Waals surface area contributed by atoms with Crippen LogP contribution in [0.1, 0.15) is 57.5 Å². The van der Waals surface area contributed by atoms with Crippen molar-refractivity contribution in [3.8, 4) is 17.1 Å². The first-order valence-electron chi connectivity index (χ1n) is 11.6. The molecule has 1 aliphatic heterocycles. The van der Waals surface area contributed by atoms with Crippen molar-refractivity contribution >= 4 is 34.5 Å². The lowest BCUT2D eigenvalue weighted by Crippen LogP contribution is -2.46. The van der Waals surface area contributed by atoms with Crippen molar-refractivity contribution in [2.75, 3.05) is 13.2 Å². The van der Waals surface area contributed by atoms with Crippen LogP contribution < -0.4 is 10.1 Å². The number of rotatable bonds is 9. The van der Waals surface area contributed by atoms with Gasteiger partial charge in [0.25, 0.3) is 5.89 Å². The van der Waals surface area contributed by atoms with Gasteiger partial charge in [0.2, 0.25) is 5.82 Å². The monoisotopic (exact) mass is 496 g/mol. The maximum absolute atomic E-state index is 6.04. The molecule has 178 valence electrons. The fraction of sp³-hybridized carbons (Fsp3) is 0.346. The zero-order chi connectivity index (χ0) is 24.1. The largest absolute Gasteiger partial charge is 0.494 e. The average Bonchev–Trinajstić information content (AvgIpc) is 3.32. The van der Waals surface area contributed by atoms with Crippen molar-refractivity contribution in [2.24, 2.45) is 0 Å². The van der Waals surface area contributed by atoms with Gasteiger partial charge in [-0.05, 0) is 74.4 Å². The lowest BCUT2D eigenvalue weighted by atomic mass is 9.94. The molecule has 0 saturated heterocycles. The number of allylic oxidation sites excluding steroid dienone is 1. The highest BCUT2D eigenvalue weighted by Gasteiger charge is 2.33. The summed E-state index contributed by atoms with van der Waals surface area (Å²) in [5.41, 5.74) is 3.82. The number of unbranched alkanes of at least 4 members (excludes halogenated alkanes) is 2. The van der Waals surface area contributed by atoms with Crippen molar-refractivity contribution in [2.45, 2.75) is 46.1 Å². The van der Waals surface area contributed by atoms with Crippen LogP contribution in [0.15, 0.2) is 58.8 Å². The molecule has 1 aliphatic rings. The number of benzene rings is 2. The first kappa shape index (κ1) is 24.2. The van der Waals surface area contributed by atoms with Gasteiger partial charge in [-0.1, -0.05) is 48.7 Å². The van der Waals surface area contributed by atoms with E-state index in [1.165, 1.54) is 0 Å². The van der Waals surface area contributed by atoms with E-state index in [2.05, 4.69) is 29.2 Å². The molecule has 8 heteroatoms. The Bertz CT molecular complexity index is 1160. The molecule has 34 heavy (non-hydrogen) atoms. The van der Waals surface area contributed by atoms with E-state index in [-0.39, 0.29) is 6.04 Å². The summed E-state index contributed by atoms with van der Waals surface area (Å²) in [5.74, 6) is 1.82. The molecule has 0 aliphatic carbocycles. The van der Waals surface area contributed by atoms with Gasteiger partial charge in [-0.15, -0.1) is 0 Å². The Morgan fingerprint density at radius 3 is 2.50 bits per heavy atom. The lowest BCUT2D eigenvalue weighted by Gasteiger charge is -2.37. The molecule has 1 N–H and O–H groups in total. The molecule has 1 aromatic heterocycles. The van der Waals surface area contributed by atoms with Crippen LogP contribution in [-0.2, 0) is 0 Å². The van der Waals surface area contributed by atoms with Gasteiger partial charge < -0.3 is 19.5 Å². The normalized spacial score (nSPS) is 16.1. The van der Waals surface area contributed by atoms with Crippen LogP contribution in [0.4, 0.5) is 0 Å². The van der Waals surface area contributed by atoms with Gasteiger partial charge in [-0.3, -0.25) is 0 Å². The Labute approximate surface area is 210 Å². The first-order chi connectivity index (χ1) is 16.5. The maximum Gasteiger partial charge on any atom is 0.258 e. The zero-order valence-electron chi connectivity index (χ0n) is 19.7. The Balaban J connectivity index is 1.74. The summed E-state index contributed by atoms with van der Waals surface area (Å²) in [7, 11) is 0. The minimum atomic E-state index is -0.218. The highest BCUT2D eigenvalue weighted by atomic mass is 35.5. The minimum Gasteiger partial charge on any atom is -0.494 e. The summed E-state index contributed by atoms with van der Waals surface area (Å²) < 4.78 is 11.4. The molecular weight excluding hydrogens is 468 g/mol. The van der Waals surface area contributed by atoms with E-state index in [0.29, 0.717) is 28.5 Å². The van der Waals surface area contributed by atoms with E-state index in [1.54, 1.807) is 0 Å². The molecule has 0 amide bonds. The van der Waals surface area contributed by atoms with Crippen molar-refractivity contribution in [1.82, 2.24) is 20.4 Å². The van der Waals surface area contributed by atoms with E-state index in [0.717, 1.165) is 54.0 Å². The number of ether oxygens (including phenoxy) is 1. The third kappa shape index (κ3) is 5.26. The first-order valence-corrected chi connectivity index (χ1v) is 12.4. The SMILES string of the molecule is CCCCCN1C(=S)NC(c2ccc(OCC)cc2)C(c2nc(-c3ccc(Cl)cc3)no2)=C1C. The molecule has 0 radical (unpaired) electrons. The fourth-order valence-electron chi connectivity index (χ4n) is 4.07. The Morgan fingerprint density at radius 2 is 1.82 bits per heavy atom. The van der Waals surface area contributed by atoms with Gasteiger partial charge in [0.1, 0.15) is 5.75 Å². The number of nitrogens with zero attached hydrogens (tertiary/aromatic N) is 3. The number of hydrogen-bond acceptors (Lipinski definition) is 5. The average molecular weight is 497 g/mol. The highest BCUT2D eigenvalue weighted by Crippen LogP contribution is 2.38. The number of halogens is 1. The van der Waals surface area contributed by atoms with Gasteiger partial charge in [0.05, 0.1) is 18.2 Å². The van der Waals surface area contributed by atoms with E-state index >= 15 is 0 Å². The van der Waals surface area contributed by atoms with Crippen LogP contribution in [0.2, 0.25) is 5.02 Å². The smallest absolute Gasteiger partial charge is 0.258 e. The summed E-state index contributed by atoms with van der Waals surface area (Å²) in [4.78, 5) is 6.89. The second-order valence-corrected chi connectivity index (χ2v) is 9.00. The molecule has 0 saturated carbocycles. The molecule has 3 aromatic rings. The molecule has 2 aromatic carbocycles. The van der Waals surface area contributed by atoms with Crippen LogP contribution in [0, 0.1) is 0 Å². The molecule has 0 bridgehead atoms. The fourth-order valence-corrected chi connectivity index (χ4v) is 4.54. The molecule has 1 unspecified atom stereocenters. The van der Waals surface area contributed by atoms with Crippen LogP contribution in [0.5, 0.6) is 5.75 Å². The van der Waals surface area contributed by atoms with Gasteiger partial charge >= 0.3 is 0 Å². The van der Waals surface area contributed by atoms with Gasteiger partial charge in [-0.25, -0.2) is 0 Å². The van der Waals surface area contributed by atoms with Crippen LogP contribution in [0.3, 0.4) is 0 Å². The van der Waals surface area contributed by atoms with Crippen LogP contribution in [-0.4, -0.2) is 33.3 Å². The van der Waals surface area contributed by atoms with Gasteiger partial charge in [-0.2, -0.15) is 4.98 Å². The maximum atomic E-state index is 6.04. The van der Waals surface area contributed by atoms with Crippen molar-refractivity contribution < 1.29 is 9.26 Å². The third-order valence-corrected chi connectivity index (χ3v) is 6.46. The molecule has 4 rings (SSSR count). The standard InChI is InChI=1S/C26H29ClN4O2S/c1-4-6-7-16-31-17(3)22(25-29-24(30-33-25)19-8-12-20(27)13-9-19)23(28-26(31)34)18-10-14-21(15-11-18)32-5-2/h8-15,23H,4-7,16H2,1-3H3,(H,28,34). The summed E-state index contributed by atoms with van der Waals surface area (Å²) in [6, 6.07) is 15.2.